The SMILES string of the molecule is CON(Cc1ccc(-c2noc(C(F)(F)F)n2)cc1)C(=O)OCc1ccc(S(N)(=O)=O)nc1. The number of halogens is 3. The van der Waals surface area contributed by atoms with Crippen molar-refractivity contribution < 1.29 is 40.5 Å². The van der Waals surface area contributed by atoms with Gasteiger partial charge in [-0.05, 0) is 11.6 Å². The van der Waals surface area contributed by atoms with E-state index in [2.05, 4.69) is 19.6 Å². The number of carbonyl (C=O) groups excluding carboxylic acids is 1. The Morgan fingerprint density at radius 3 is 2.33 bits per heavy atom. The molecule has 2 heterocycles. The molecule has 0 fully saturated rings. The summed E-state index contributed by atoms with van der Waals surface area (Å²) in [6.45, 7) is -0.257. The van der Waals surface area contributed by atoms with Gasteiger partial charge in [0.1, 0.15) is 6.61 Å². The fraction of sp³-hybridized carbons (Fsp3) is 0.222. The largest absolute Gasteiger partial charge is 0.471 e. The van der Waals surface area contributed by atoms with E-state index >= 15 is 0 Å². The van der Waals surface area contributed by atoms with E-state index in [0.717, 1.165) is 5.06 Å². The van der Waals surface area contributed by atoms with E-state index < -0.39 is 28.2 Å². The number of amides is 1. The molecule has 0 saturated carbocycles. The first kappa shape index (κ1) is 24.1. The van der Waals surface area contributed by atoms with Gasteiger partial charge >= 0.3 is 18.2 Å². The minimum absolute atomic E-state index is 0.0434. The molecule has 0 saturated heterocycles. The molecular weight excluding hydrogens is 471 g/mol. The second kappa shape index (κ2) is 9.51. The first-order valence-electron chi connectivity index (χ1n) is 8.93. The Bertz CT molecular complexity index is 1210. The first-order valence-corrected chi connectivity index (χ1v) is 10.5. The molecule has 11 nitrogen and oxygen atoms in total. The number of primary sulfonamides is 1. The summed E-state index contributed by atoms with van der Waals surface area (Å²) < 4.78 is 69.5. The van der Waals surface area contributed by atoms with Crippen LogP contribution in [0.25, 0.3) is 11.4 Å². The van der Waals surface area contributed by atoms with Crippen molar-refractivity contribution in [3.8, 4) is 11.4 Å². The minimum Gasteiger partial charge on any atom is -0.443 e. The molecular formula is C18H16F3N5O6S. The predicted octanol–water partition coefficient (Wildman–Crippen LogP) is 2.50. The normalized spacial score (nSPS) is 11.9. The fourth-order valence-corrected chi connectivity index (χ4v) is 2.92. The van der Waals surface area contributed by atoms with Gasteiger partial charge in [0.05, 0.1) is 13.7 Å². The summed E-state index contributed by atoms with van der Waals surface area (Å²) in [7, 11) is -2.69. The lowest BCUT2D eigenvalue weighted by molar-refractivity contribution is -0.159. The van der Waals surface area contributed by atoms with Crippen LogP contribution in [0.15, 0.2) is 52.1 Å². The van der Waals surface area contributed by atoms with Crippen LogP contribution in [0.1, 0.15) is 17.0 Å². The molecule has 1 amide bonds. The van der Waals surface area contributed by atoms with Crippen LogP contribution in [-0.4, -0.2) is 41.8 Å². The maximum Gasteiger partial charge on any atom is 0.471 e. The predicted molar refractivity (Wildman–Crippen MR) is 103 cm³/mol. The van der Waals surface area contributed by atoms with Crippen molar-refractivity contribution in [2.24, 2.45) is 5.14 Å². The van der Waals surface area contributed by atoms with Crippen molar-refractivity contribution in [1.29, 1.82) is 0 Å². The third kappa shape index (κ3) is 6.24. The number of alkyl halides is 3. The van der Waals surface area contributed by atoms with Crippen molar-refractivity contribution in [1.82, 2.24) is 20.2 Å². The molecule has 0 aliphatic carbocycles. The van der Waals surface area contributed by atoms with E-state index in [1.165, 1.54) is 49.7 Å². The van der Waals surface area contributed by atoms with Crippen LogP contribution in [0.5, 0.6) is 0 Å². The van der Waals surface area contributed by atoms with Crippen molar-refractivity contribution >= 4 is 16.1 Å². The lowest BCUT2D eigenvalue weighted by Gasteiger charge is -2.19. The molecule has 0 aliphatic heterocycles. The molecule has 176 valence electrons. The molecule has 0 radical (unpaired) electrons. The highest BCUT2D eigenvalue weighted by atomic mass is 32.2. The van der Waals surface area contributed by atoms with E-state index in [0.29, 0.717) is 11.1 Å². The number of hydrogen-bond acceptors (Lipinski definition) is 9. The highest BCUT2D eigenvalue weighted by molar-refractivity contribution is 7.89. The van der Waals surface area contributed by atoms with Crippen molar-refractivity contribution in [2.75, 3.05) is 7.11 Å². The molecule has 33 heavy (non-hydrogen) atoms. The Morgan fingerprint density at radius 2 is 1.82 bits per heavy atom. The van der Waals surface area contributed by atoms with Crippen LogP contribution in [0.3, 0.4) is 0 Å². The summed E-state index contributed by atoms with van der Waals surface area (Å²) in [4.78, 5) is 24.3. The smallest absolute Gasteiger partial charge is 0.443 e. The summed E-state index contributed by atoms with van der Waals surface area (Å²) in [6, 6.07) is 8.55. The molecule has 2 aromatic heterocycles. The van der Waals surface area contributed by atoms with Crippen LogP contribution in [0, 0.1) is 0 Å². The quantitative estimate of drug-likeness (QED) is 0.496. The monoisotopic (exact) mass is 487 g/mol. The molecule has 0 spiro atoms. The Labute approximate surface area is 184 Å². The van der Waals surface area contributed by atoms with Gasteiger partial charge in [-0.3, -0.25) is 4.84 Å². The van der Waals surface area contributed by atoms with Gasteiger partial charge in [-0.1, -0.05) is 35.5 Å². The number of pyridine rings is 1. The number of nitrogens with two attached hydrogens (primary N) is 1. The van der Waals surface area contributed by atoms with Crippen LogP contribution in [0.2, 0.25) is 0 Å². The van der Waals surface area contributed by atoms with Crippen molar-refractivity contribution in [3.05, 3.63) is 59.6 Å². The van der Waals surface area contributed by atoms with Gasteiger partial charge < -0.3 is 9.26 Å². The molecule has 1 aromatic carbocycles. The Balaban J connectivity index is 1.59. The third-order valence-corrected chi connectivity index (χ3v) is 4.91. The molecule has 0 atom stereocenters. The summed E-state index contributed by atoms with van der Waals surface area (Å²) in [5.74, 6) is -1.69. The summed E-state index contributed by atoms with van der Waals surface area (Å²) in [5.41, 5.74) is 1.26. The van der Waals surface area contributed by atoms with Crippen LogP contribution >= 0.6 is 0 Å². The number of sulfonamides is 1. The topological polar surface area (TPSA) is 151 Å². The number of benzene rings is 1. The average Bonchev–Trinajstić information content (AvgIpc) is 3.27. The highest BCUT2D eigenvalue weighted by Gasteiger charge is 2.38. The molecule has 2 N–H and O–H groups in total. The van der Waals surface area contributed by atoms with Gasteiger partial charge in [-0.25, -0.2) is 23.3 Å². The molecule has 0 unspecified atom stereocenters. The van der Waals surface area contributed by atoms with Crippen molar-refractivity contribution in [2.45, 2.75) is 24.4 Å². The number of ether oxygens (including phenoxy) is 1. The number of hydrogen-bond donors (Lipinski definition) is 1. The van der Waals surface area contributed by atoms with Gasteiger partial charge in [-0.2, -0.15) is 23.2 Å². The molecule has 3 rings (SSSR count). The number of aromatic nitrogens is 3. The van der Waals surface area contributed by atoms with E-state index in [1.807, 2.05) is 0 Å². The maximum absolute atomic E-state index is 12.6. The van der Waals surface area contributed by atoms with E-state index in [4.69, 9.17) is 14.7 Å². The van der Waals surface area contributed by atoms with Crippen LogP contribution in [0.4, 0.5) is 18.0 Å². The Hall–Kier alpha value is -3.56. The molecule has 15 heteroatoms. The number of nitrogens with zero attached hydrogens (tertiary/aromatic N) is 4. The summed E-state index contributed by atoms with van der Waals surface area (Å²) in [5, 5.41) is 8.84. The van der Waals surface area contributed by atoms with Gasteiger partial charge in [0.2, 0.25) is 5.82 Å². The van der Waals surface area contributed by atoms with Crippen molar-refractivity contribution in [3.63, 3.8) is 0 Å². The standard InChI is InChI=1S/C18H16F3N5O6S/c1-30-26(17(27)31-10-12-4-7-14(23-8-12)33(22,28)29)9-11-2-5-13(6-3-11)15-24-16(32-25-15)18(19,20)21/h2-8H,9-10H2,1H3,(H2,22,28,29). The Kier molecular flexibility index (Phi) is 6.95. The summed E-state index contributed by atoms with van der Waals surface area (Å²) >= 11 is 0. The zero-order valence-corrected chi connectivity index (χ0v) is 17.6. The zero-order valence-electron chi connectivity index (χ0n) is 16.8. The first-order chi connectivity index (χ1) is 15.5. The highest BCUT2D eigenvalue weighted by Crippen LogP contribution is 2.29. The van der Waals surface area contributed by atoms with E-state index in [9.17, 15) is 26.4 Å². The molecule has 3 aromatic rings. The second-order valence-corrected chi connectivity index (χ2v) is 7.95. The fourth-order valence-electron chi connectivity index (χ4n) is 2.47. The zero-order chi connectivity index (χ0) is 24.2. The van der Waals surface area contributed by atoms with Gasteiger partial charge in [0.15, 0.2) is 5.03 Å². The number of hydroxylamine groups is 2. The van der Waals surface area contributed by atoms with Crippen LogP contribution in [-0.2, 0) is 38.9 Å². The molecule has 0 bridgehead atoms. The average molecular weight is 487 g/mol. The number of rotatable bonds is 7. The Morgan fingerprint density at radius 1 is 1.15 bits per heavy atom. The second-order valence-electron chi connectivity index (χ2n) is 6.44. The summed E-state index contributed by atoms with van der Waals surface area (Å²) in [6.07, 6.45) is -4.39. The minimum atomic E-state index is -4.75. The lowest BCUT2D eigenvalue weighted by Crippen LogP contribution is -2.30. The lowest BCUT2D eigenvalue weighted by atomic mass is 10.1. The third-order valence-electron chi connectivity index (χ3n) is 4.08. The van der Waals surface area contributed by atoms with Gasteiger partial charge in [-0.15, -0.1) is 0 Å². The molecule has 0 aliphatic rings. The van der Waals surface area contributed by atoms with Crippen LogP contribution < -0.4 is 5.14 Å². The number of carbonyl (C=O) groups is 1. The van der Waals surface area contributed by atoms with Gasteiger partial charge in [0, 0.05) is 17.3 Å². The maximum atomic E-state index is 12.6. The van der Waals surface area contributed by atoms with Gasteiger partial charge in [0.25, 0.3) is 10.0 Å². The van der Waals surface area contributed by atoms with E-state index in [1.54, 1.807) is 0 Å². The van der Waals surface area contributed by atoms with E-state index in [-0.39, 0.29) is 29.6 Å².